The van der Waals surface area contributed by atoms with E-state index in [9.17, 15) is 9.59 Å². The van der Waals surface area contributed by atoms with E-state index in [0.29, 0.717) is 17.1 Å². The number of para-hydroxylation sites is 1. The highest BCUT2D eigenvalue weighted by atomic mass is 16.2. The van der Waals surface area contributed by atoms with Gasteiger partial charge in [-0.05, 0) is 38.1 Å². The molecule has 0 unspecified atom stereocenters. The first-order chi connectivity index (χ1) is 12.1. The molecule has 3 rings (SSSR count). The molecule has 0 saturated heterocycles. The molecule has 2 aromatic rings. The molecule has 7 nitrogen and oxygen atoms in total. The molecule has 0 saturated carbocycles. The maximum absolute atomic E-state index is 12.7. The Morgan fingerprint density at radius 2 is 1.88 bits per heavy atom. The summed E-state index contributed by atoms with van der Waals surface area (Å²) in [4.78, 5) is 28.6. The minimum atomic E-state index is -0.593. The summed E-state index contributed by atoms with van der Waals surface area (Å²) in [5.41, 5.74) is 4.48. The molecule has 0 bridgehead atoms. The zero-order valence-corrected chi connectivity index (χ0v) is 13.9. The second-order valence-electron chi connectivity index (χ2n) is 5.57. The van der Waals surface area contributed by atoms with Crippen LogP contribution in [0.1, 0.15) is 24.3 Å². The molecule has 2 amide bonds. The van der Waals surface area contributed by atoms with Gasteiger partial charge in [-0.2, -0.15) is 15.2 Å². The van der Waals surface area contributed by atoms with E-state index >= 15 is 0 Å². The van der Waals surface area contributed by atoms with E-state index in [1.54, 1.807) is 32.0 Å². The number of carbonyl (C=O) groups excluding carboxylic acids is 2. The lowest BCUT2D eigenvalue weighted by Crippen LogP contribution is -2.33. The quantitative estimate of drug-likeness (QED) is 0.686. The lowest BCUT2D eigenvalue weighted by Gasteiger charge is -2.14. The van der Waals surface area contributed by atoms with E-state index in [1.165, 1.54) is 11.2 Å². The van der Waals surface area contributed by atoms with E-state index in [2.05, 4.69) is 20.6 Å². The number of anilines is 1. The molecule has 1 aliphatic heterocycles. The lowest BCUT2D eigenvalue weighted by atomic mass is 9.99. The number of amides is 2. The van der Waals surface area contributed by atoms with Crippen LogP contribution in [0.15, 0.2) is 64.9 Å². The van der Waals surface area contributed by atoms with E-state index in [-0.39, 0.29) is 11.6 Å². The van der Waals surface area contributed by atoms with Gasteiger partial charge in [0.2, 0.25) is 0 Å². The van der Waals surface area contributed by atoms with Gasteiger partial charge in [0.25, 0.3) is 11.8 Å². The predicted octanol–water partition coefficient (Wildman–Crippen LogP) is 2.23. The highest BCUT2D eigenvalue weighted by molar-refractivity contribution is 6.27. The van der Waals surface area contributed by atoms with E-state index in [0.717, 1.165) is 0 Å². The van der Waals surface area contributed by atoms with Gasteiger partial charge in [0, 0.05) is 6.20 Å². The molecule has 1 aromatic heterocycles. The molecule has 0 radical (unpaired) electrons. The maximum Gasteiger partial charge on any atom is 0.289 e. The molecule has 126 valence electrons. The van der Waals surface area contributed by atoms with Crippen molar-refractivity contribution in [1.29, 1.82) is 0 Å². The van der Waals surface area contributed by atoms with Gasteiger partial charge in [-0.15, -0.1) is 0 Å². The fraction of sp³-hybridized carbons (Fsp3) is 0.167. The van der Waals surface area contributed by atoms with Crippen LogP contribution in [0.5, 0.6) is 0 Å². The van der Waals surface area contributed by atoms with Crippen LogP contribution in [0.25, 0.3) is 0 Å². The monoisotopic (exact) mass is 335 g/mol. The molecule has 25 heavy (non-hydrogen) atoms. The summed E-state index contributed by atoms with van der Waals surface area (Å²) in [7, 11) is 0. The van der Waals surface area contributed by atoms with Crippen molar-refractivity contribution in [1.82, 2.24) is 10.4 Å². The standard InChI is InChI=1S/C18H17N5O2/c1-12(20-21-17(24)15-10-6-7-11-19-15)16-13(2)22-23(18(16)25)14-8-4-3-5-9-14/h3-11,16H,1-2H3,(H,21,24)/b20-12-/t16-/m0/s1. The van der Waals surface area contributed by atoms with Gasteiger partial charge >= 0.3 is 0 Å². The fourth-order valence-corrected chi connectivity index (χ4v) is 2.56. The number of rotatable bonds is 4. The molecule has 0 fully saturated rings. The van der Waals surface area contributed by atoms with Crippen LogP contribution >= 0.6 is 0 Å². The van der Waals surface area contributed by atoms with Crippen molar-refractivity contribution in [2.24, 2.45) is 16.1 Å². The second kappa shape index (κ2) is 7.04. The van der Waals surface area contributed by atoms with Crippen LogP contribution < -0.4 is 10.4 Å². The number of pyridine rings is 1. The SMILES string of the molecule is CC1=NN(c2ccccc2)C(=O)[C@H]1/C(C)=N\NC(=O)c1ccccn1. The minimum absolute atomic E-state index is 0.197. The van der Waals surface area contributed by atoms with Gasteiger partial charge in [-0.1, -0.05) is 24.3 Å². The number of nitrogens with zero attached hydrogens (tertiary/aromatic N) is 4. The van der Waals surface area contributed by atoms with Gasteiger partial charge in [0.05, 0.1) is 17.1 Å². The summed E-state index contributed by atoms with van der Waals surface area (Å²) in [6, 6.07) is 14.2. The zero-order chi connectivity index (χ0) is 17.8. The Hall–Kier alpha value is -3.35. The molecule has 7 heteroatoms. The zero-order valence-electron chi connectivity index (χ0n) is 13.9. The average Bonchev–Trinajstić information content (AvgIpc) is 2.95. The van der Waals surface area contributed by atoms with Crippen molar-refractivity contribution in [2.75, 3.05) is 5.01 Å². The van der Waals surface area contributed by atoms with E-state index in [1.807, 2.05) is 30.3 Å². The number of benzene rings is 1. The first kappa shape index (κ1) is 16.5. The summed E-state index contributed by atoms with van der Waals surface area (Å²) in [6.07, 6.45) is 1.53. The fourth-order valence-electron chi connectivity index (χ4n) is 2.56. The minimum Gasteiger partial charge on any atom is -0.271 e. The molecule has 0 aliphatic carbocycles. The van der Waals surface area contributed by atoms with Gasteiger partial charge in [-0.25, -0.2) is 5.43 Å². The Bertz CT molecular complexity index is 846. The van der Waals surface area contributed by atoms with Crippen LogP contribution in [0.3, 0.4) is 0 Å². The molecular weight excluding hydrogens is 318 g/mol. The summed E-state index contributed by atoms with van der Waals surface area (Å²) in [5.74, 6) is -1.22. The van der Waals surface area contributed by atoms with Crippen molar-refractivity contribution in [3.8, 4) is 0 Å². The summed E-state index contributed by atoms with van der Waals surface area (Å²) in [5, 5.41) is 9.74. The third-order valence-corrected chi connectivity index (χ3v) is 3.78. The Kier molecular flexibility index (Phi) is 4.65. The van der Waals surface area contributed by atoms with Crippen LogP contribution in [0, 0.1) is 5.92 Å². The van der Waals surface area contributed by atoms with Crippen LogP contribution in [0.4, 0.5) is 5.69 Å². The first-order valence-corrected chi connectivity index (χ1v) is 7.77. The Morgan fingerprint density at radius 1 is 1.16 bits per heavy atom. The van der Waals surface area contributed by atoms with Gasteiger partial charge in [0.1, 0.15) is 11.6 Å². The first-order valence-electron chi connectivity index (χ1n) is 7.77. The molecule has 1 atom stereocenters. The highest BCUT2D eigenvalue weighted by Crippen LogP contribution is 2.24. The molecule has 2 heterocycles. The van der Waals surface area contributed by atoms with E-state index in [4.69, 9.17) is 0 Å². The Balaban J connectivity index is 1.74. The lowest BCUT2D eigenvalue weighted by molar-refractivity contribution is -0.118. The maximum atomic E-state index is 12.7. The Morgan fingerprint density at radius 3 is 2.56 bits per heavy atom. The number of aromatic nitrogens is 1. The second-order valence-corrected chi connectivity index (χ2v) is 5.57. The largest absolute Gasteiger partial charge is 0.289 e. The molecule has 1 N–H and O–H groups in total. The van der Waals surface area contributed by atoms with Crippen molar-refractivity contribution < 1.29 is 9.59 Å². The van der Waals surface area contributed by atoms with Crippen molar-refractivity contribution >= 4 is 28.9 Å². The summed E-state index contributed by atoms with van der Waals surface area (Å²) in [6.45, 7) is 3.46. The number of hydrazone groups is 2. The topological polar surface area (TPSA) is 87.0 Å². The smallest absolute Gasteiger partial charge is 0.271 e. The Labute approximate surface area is 145 Å². The molecule has 0 spiro atoms. The highest BCUT2D eigenvalue weighted by Gasteiger charge is 2.36. The molecular formula is C18H17N5O2. The van der Waals surface area contributed by atoms with Gasteiger partial charge < -0.3 is 0 Å². The molecule has 1 aromatic carbocycles. The average molecular weight is 335 g/mol. The third-order valence-electron chi connectivity index (χ3n) is 3.78. The number of nitrogens with one attached hydrogen (secondary N) is 1. The van der Waals surface area contributed by atoms with Crippen molar-refractivity contribution in [2.45, 2.75) is 13.8 Å². The van der Waals surface area contributed by atoms with E-state index < -0.39 is 11.8 Å². The summed E-state index contributed by atoms with van der Waals surface area (Å²) < 4.78 is 0. The van der Waals surface area contributed by atoms with Crippen LogP contribution in [0.2, 0.25) is 0 Å². The summed E-state index contributed by atoms with van der Waals surface area (Å²) >= 11 is 0. The third kappa shape index (κ3) is 3.45. The number of hydrogen-bond acceptors (Lipinski definition) is 5. The van der Waals surface area contributed by atoms with Crippen molar-refractivity contribution in [3.63, 3.8) is 0 Å². The van der Waals surface area contributed by atoms with Gasteiger partial charge in [-0.3, -0.25) is 14.6 Å². The van der Waals surface area contributed by atoms with Crippen molar-refractivity contribution in [3.05, 3.63) is 60.4 Å². The normalized spacial score (nSPS) is 17.4. The molecule has 1 aliphatic rings. The number of hydrogen-bond donors (Lipinski definition) is 1. The van der Waals surface area contributed by atoms with Crippen LogP contribution in [-0.2, 0) is 4.79 Å². The number of carbonyl (C=O) groups is 2. The van der Waals surface area contributed by atoms with Gasteiger partial charge in [0.15, 0.2) is 0 Å². The van der Waals surface area contributed by atoms with Crippen LogP contribution in [-0.4, -0.2) is 28.2 Å². The predicted molar refractivity (Wildman–Crippen MR) is 95.3 cm³/mol.